The molecule has 1 aliphatic heterocycles. The predicted octanol–water partition coefficient (Wildman–Crippen LogP) is 3.23. The van der Waals surface area contributed by atoms with Crippen LogP contribution in [0.2, 0.25) is 0 Å². The van der Waals surface area contributed by atoms with E-state index in [1.165, 1.54) is 0 Å². The maximum atomic E-state index is 12.7. The summed E-state index contributed by atoms with van der Waals surface area (Å²) in [6.45, 7) is 5.00. The lowest BCUT2D eigenvalue weighted by Gasteiger charge is -2.34. The van der Waals surface area contributed by atoms with Crippen LogP contribution >= 0.6 is 0 Å². The second-order valence-electron chi connectivity index (χ2n) is 6.45. The molecule has 2 aromatic carbocycles. The van der Waals surface area contributed by atoms with Crippen molar-refractivity contribution in [3.8, 4) is 11.1 Å². The molecule has 136 valence electrons. The van der Waals surface area contributed by atoms with E-state index in [0.29, 0.717) is 38.3 Å². The first-order valence-corrected chi connectivity index (χ1v) is 9.16. The fourth-order valence-electron chi connectivity index (χ4n) is 3.07. The summed E-state index contributed by atoms with van der Waals surface area (Å²) in [5.41, 5.74) is 2.92. The first-order chi connectivity index (χ1) is 12.7. The van der Waals surface area contributed by atoms with Crippen molar-refractivity contribution in [2.75, 3.05) is 32.7 Å². The van der Waals surface area contributed by atoms with E-state index in [9.17, 15) is 9.59 Å². The van der Waals surface area contributed by atoms with E-state index in [0.717, 1.165) is 17.5 Å². The zero-order chi connectivity index (χ0) is 18.4. The van der Waals surface area contributed by atoms with Crippen LogP contribution in [0.1, 0.15) is 23.7 Å². The van der Waals surface area contributed by atoms with Crippen molar-refractivity contribution < 1.29 is 9.59 Å². The lowest BCUT2D eigenvalue weighted by molar-refractivity contribution is 0.0665. The fraction of sp³-hybridized carbons (Fsp3) is 0.333. The van der Waals surface area contributed by atoms with Gasteiger partial charge in [0.25, 0.3) is 5.91 Å². The highest BCUT2D eigenvalue weighted by Crippen LogP contribution is 2.20. The Morgan fingerprint density at radius 1 is 0.846 bits per heavy atom. The molecule has 1 saturated heterocycles. The highest BCUT2D eigenvalue weighted by Gasteiger charge is 2.24. The molecule has 0 aliphatic carbocycles. The molecule has 5 nitrogen and oxygen atoms in total. The normalized spacial score (nSPS) is 14.2. The predicted molar refractivity (Wildman–Crippen MR) is 103 cm³/mol. The number of nitrogens with one attached hydrogen (secondary N) is 1. The summed E-state index contributed by atoms with van der Waals surface area (Å²) in [5.74, 6) is 0.0261. The maximum absolute atomic E-state index is 12.7. The summed E-state index contributed by atoms with van der Waals surface area (Å²) in [7, 11) is 0. The molecule has 5 heteroatoms. The SMILES string of the molecule is CCCNC(=O)N1CCN(C(=O)c2ccc(-c3ccccc3)cc2)CC1. The molecule has 0 atom stereocenters. The van der Waals surface area contributed by atoms with Crippen molar-refractivity contribution >= 4 is 11.9 Å². The van der Waals surface area contributed by atoms with Gasteiger partial charge in [-0.25, -0.2) is 4.79 Å². The Hall–Kier alpha value is -2.82. The quantitative estimate of drug-likeness (QED) is 0.919. The third kappa shape index (κ3) is 4.23. The standard InChI is InChI=1S/C21H25N3O2/c1-2-12-22-21(26)24-15-13-23(14-16-24)20(25)19-10-8-18(9-11-19)17-6-4-3-5-7-17/h3-11H,2,12-16H2,1H3,(H,22,26). The average Bonchev–Trinajstić information content (AvgIpc) is 2.72. The van der Waals surface area contributed by atoms with Gasteiger partial charge in [-0.1, -0.05) is 49.4 Å². The minimum atomic E-state index is -0.0360. The Morgan fingerprint density at radius 2 is 1.42 bits per heavy atom. The number of amides is 3. The second kappa shape index (κ2) is 8.52. The summed E-state index contributed by atoms with van der Waals surface area (Å²) in [6, 6.07) is 17.8. The van der Waals surface area contributed by atoms with Crippen molar-refractivity contribution in [1.29, 1.82) is 0 Å². The van der Waals surface area contributed by atoms with Crippen LogP contribution in [-0.4, -0.2) is 54.5 Å². The Labute approximate surface area is 154 Å². The van der Waals surface area contributed by atoms with Crippen LogP contribution in [0, 0.1) is 0 Å². The third-order valence-electron chi connectivity index (χ3n) is 4.62. The summed E-state index contributed by atoms with van der Waals surface area (Å²) in [5, 5.41) is 2.88. The molecule has 0 spiro atoms. The molecule has 0 radical (unpaired) electrons. The topological polar surface area (TPSA) is 52.7 Å². The highest BCUT2D eigenvalue weighted by molar-refractivity contribution is 5.95. The van der Waals surface area contributed by atoms with Crippen LogP contribution in [0.4, 0.5) is 4.79 Å². The number of hydrogen-bond acceptors (Lipinski definition) is 2. The van der Waals surface area contributed by atoms with Gasteiger partial charge < -0.3 is 15.1 Å². The number of piperazine rings is 1. The van der Waals surface area contributed by atoms with Gasteiger partial charge in [0.2, 0.25) is 0 Å². The van der Waals surface area contributed by atoms with E-state index in [1.807, 2.05) is 54.3 Å². The van der Waals surface area contributed by atoms with Crippen LogP contribution < -0.4 is 5.32 Å². The van der Waals surface area contributed by atoms with Gasteiger partial charge in [-0.15, -0.1) is 0 Å². The number of urea groups is 1. The molecular weight excluding hydrogens is 326 g/mol. The summed E-state index contributed by atoms with van der Waals surface area (Å²) < 4.78 is 0. The van der Waals surface area contributed by atoms with Crippen molar-refractivity contribution in [1.82, 2.24) is 15.1 Å². The number of carbonyl (C=O) groups excluding carboxylic acids is 2. The zero-order valence-corrected chi connectivity index (χ0v) is 15.1. The van der Waals surface area contributed by atoms with E-state index in [-0.39, 0.29) is 11.9 Å². The molecule has 3 amide bonds. The van der Waals surface area contributed by atoms with Crippen LogP contribution in [0.15, 0.2) is 54.6 Å². The number of hydrogen-bond donors (Lipinski definition) is 1. The van der Waals surface area contributed by atoms with Gasteiger partial charge in [-0.05, 0) is 29.7 Å². The van der Waals surface area contributed by atoms with Crippen molar-refractivity contribution in [3.05, 3.63) is 60.2 Å². The Kier molecular flexibility index (Phi) is 5.89. The molecular formula is C21H25N3O2. The average molecular weight is 351 g/mol. The molecule has 0 aromatic heterocycles. The first kappa shape index (κ1) is 18.0. The van der Waals surface area contributed by atoms with E-state index >= 15 is 0 Å². The van der Waals surface area contributed by atoms with Crippen LogP contribution in [-0.2, 0) is 0 Å². The minimum absolute atomic E-state index is 0.0261. The van der Waals surface area contributed by atoms with Gasteiger partial charge in [0.1, 0.15) is 0 Å². The summed E-state index contributed by atoms with van der Waals surface area (Å²) in [4.78, 5) is 28.3. The van der Waals surface area contributed by atoms with Crippen molar-refractivity contribution in [2.24, 2.45) is 0 Å². The smallest absolute Gasteiger partial charge is 0.317 e. The molecule has 0 unspecified atom stereocenters. The molecule has 3 rings (SSSR count). The molecule has 0 saturated carbocycles. The van der Waals surface area contributed by atoms with E-state index < -0.39 is 0 Å². The highest BCUT2D eigenvalue weighted by atomic mass is 16.2. The van der Waals surface area contributed by atoms with E-state index in [2.05, 4.69) is 17.4 Å². The van der Waals surface area contributed by atoms with Crippen molar-refractivity contribution in [3.63, 3.8) is 0 Å². The first-order valence-electron chi connectivity index (χ1n) is 9.16. The summed E-state index contributed by atoms with van der Waals surface area (Å²) in [6.07, 6.45) is 0.920. The van der Waals surface area contributed by atoms with Crippen LogP contribution in [0.5, 0.6) is 0 Å². The van der Waals surface area contributed by atoms with Gasteiger partial charge in [0.15, 0.2) is 0 Å². The Balaban J connectivity index is 1.58. The van der Waals surface area contributed by atoms with E-state index in [4.69, 9.17) is 0 Å². The molecule has 2 aromatic rings. The zero-order valence-electron chi connectivity index (χ0n) is 15.1. The largest absolute Gasteiger partial charge is 0.338 e. The Morgan fingerprint density at radius 3 is 2.04 bits per heavy atom. The monoisotopic (exact) mass is 351 g/mol. The number of nitrogens with zero attached hydrogens (tertiary/aromatic N) is 2. The second-order valence-corrected chi connectivity index (χ2v) is 6.45. The molecule has 1 fully saturated rings. The van der Waals surface area contributed by atoms with Gasteiger partial charge in [0.05, 0.1) is 0 Å². The van der Waals surface area contributed by atoms with Crippen LogP contribution in [0.25, 0.3) is 11.1 Å². The van der Waals surface area contributed by atoms with Gasteiger partial charge in [-0.3, -0.25) is 4.79 Å². The van der Waals surface area contributed by atoms with Gasteiger partial charge >= 0.3 is 6.03 Å². The van der Waals surface area contributed by atoms with Gasteiger partial charge in [-0.2, -0.15) is 0 Å². The lowest BCUT2D eigenvalue weighted by atomic mass is 10.0. The third-order valence-corrected chi connectivity index (χ3v) is 4.62. The summed E-state index contributed by atoms with van der Waals surface area (Å²) >= 11 is 0. The number of carbonyl (C=O) groups is 2. The van der Waals surface area contributed by atoms with E-state index in [1.54, 1.807) is 4.90 Å². The molecule has 26 heavy (non-hydrogen) atoms. The van der Waals surface area contributed by atoms with Crippen LogP contribution in [0.3, 0.4) is 0 Å². The number of benzene rings is 2. The van der Waals surface area contributed by atoms with Crippen molar-refractivity contribution in [2.45, 2.75) is 13.3 Å². The minimum Gasteiger partial charge on any atom is -0.338 e. The number of rotatable bonds is 4. The molecule has 0 bridgehead atoms. The Bertz CT molecular complexity index is 736. The maximum Gasteiger partial charge on any atom is 0.317 e. The fourth-order valence-corrected chi connectivity index (χ4v) is 3.07. The van der Waals surface area contributed by atoms with Gasteiger partial charge in [0, 0.05) is 38.3 Å². The molecule has 1 N–H and O–H groups in total. The molecule has 1 aliphatic rings. The lowest BCUT2D eigenvalue weighted by Crippen LogP contribution is -2.53. The molecule has 1 heterocycles.